The Morgan fingerprint density at radius 2 is 2.04 bits per heavy atom. The molecule has 134 valence electrons. The van der Waals surface area contributed by atoms with E-state index in [9.17, 15) is 14.4 Å². The average molecular weight is 361 g/mol. The number of amides is 3. The number of hydrogen-bond acceptors (Lipinski definition) is 4. The number of rotatable bonds is 3. The van der Waals surface area contributed by atoms with Crippen LogP contribution >= 0.6 is 11.3 Å². The SMILES string of the molecule is CN(C)C(=O)c1cc2c(s1)CCN(C(=O)[C@@H]1CC(=O)N(C3CC3)C1)C2. The first-order valence-corrected chi connectivity index (χ1v) is 9.67. The highest BCUT2D eigenvalue weighted by Crippen LogP contribution is 2.34. The van der Waals surface area contributed by atoms with Crippen molar-refractivity contribution in [2.24, 2.45) is 5.92 Å². The van der Waals surface area contributed by atoms with Gasteiger partial charge in [0.15, 0.2) is 0 Å². The number of hydrogen-bond donors (Lipinski definition) is 0. The van der Waals surface area contributed by atoms with Crippen LogP contribution in [0.4, 0.5) is 0 Å². The molecule has 25 heavy (non-hydrogen) atoms. The van der Waals surface area contributed by atoms with E-state index in [4.69, 9.17) is 0 Å². The van der Waals surface area contributed by atoms with Gasteiger partial charge in [-0.2, -0.15) is 0 Å². The van der Waals surface area contributed by atoms with E-state index in [0.29, 0.717) is 32.1 Å². The minimum absolute atomic E-state index is 0.0127. The van der Waals surface area contributed by atoms with E-state index >= 15 is 0 Å². The molecule has 7 heteroatoms. The Labute approximate surface area is 151 Å². The smallest absolute Gasteiger partial charge is 0.263 e. The van der Waals surface area contributed by atoms with Crippen molar-refractivity contribution < 1.29 is 14.4 Å². The molecule has 0 N–H and O–H groups in total. The molecule has 0 aromatic carbocycles. The molecule has 3 heterocycles. The lowest BCUT2D eigenvalue weighted by Gasteiger charge is -2.29. The minimum Gasteiger partial charge on any atom is -0.344 e. The van der Waals surface area contributed by atoms with Crippen molar-refractivity contribution in [2.45, 2.75) is 38.3 Å². The topological polar surface area (TPSA) is 60.9 Å². The van der Waals surface area contributed by atoms with Crippen molar-refractivity contribution in [3.63, 3.8) is 0 Å². The van der Waals surface area contributed by atoms with Gasteiger partial charge in [-0.05, 0) is 30.9 Å². The average Bonchev–Trinajstić information content (AvgIpc) is 3.22. The van der Waals surface area contributed by atoms with Crippen molar-refractivity contribution in [2.75, 3.05) is 27.2 Å². The van der Waals surface area contributed by atoms with Crippen LogP contribution in [0.5, 0.6) is 0 Å². The molecule has 1 aromatic rings. The van der Waals surface area contributed by atoms with Gasteiger partial charge in [0, 0.05) is 51.1 Å². The van der Waals surface area contributed by atoms with Crippen LogP contribution in [-0.2, 0) is 22.6 Å². The Morgan fingerprint density at radius 1 is 1.28 bits per heavy atom. The molecule has 0 spiro atoms. The van der Waals surface area contributed by atoms with Crippen molar-refractivity contribution in [1.82, 2.24) is 14.7 Å². The molecule has 4 rings (SSSR count). The molecular formula is C18H23N3O3S. The predicted molar refractivity (Wildman–Crippen MR) is 94.3 cm³/mol. The second-order valence-corrected chi connectivity index (χ2v) is 8.58. The molecule has 0 unspecified atom stereocenters. The molecule has 2 aliphatic heterocycles. The van der Waals surface area contributed by atoms with E-state index in [1.165, 1.54) is 16.2 Å². The number of carbonyl (C=O) groups excluding carboxylic acids is 3. The first kappa shape index (κ1) is 16.6. The van der Waals surface area contributed by atoms with Gasteiger partial charge in [0.05, 0.1) is 10.8 Å². The van der Waals surface area contributed by atoms with Gasteiger partial charge in [-0.15, -0.1) is 11.3 Å². The number of likely N-dealkylation sites (tertiary alicyclic amines) is 1. The van der Waals surface area contributed by atoms with Crippen molar-refractivity contribution in [3.05, 3.63) is 21.4 Å². The molecule has 1 aliphatic carbocycles. The number of nitrogens with zero attached hydrogens (tertiary/aromatic N) is 3. The lowest BCUT2D eigenvalue weighted by Crippen LogP contribution is -2.40. The molecule has 6 nitrogen and oxygen atoms in total. The fourth-order valence-electron chi connectivity index (χ4n) is 3.74. The molecule has 2 fully saturated rings. The highest BCUT2D eigenvalue weighted by molar-refractivity contribution is 7.14. The van der Waals surface area contributed by atoms with Gasteiger partial charge in [-0.3, -0.25) is 14.4 Å². The molecule has 1 saturated carbocycles. The second kappa shape index (κ2) is 6.12. The number of thiophene rings is 1. The largest absolute Gasteiger partial charge is 0.344 e. The van der Waals surface area contributed by atoms with Crippen molar-refractivity contribution >= 4 is 29.1 Å². The summed E-state index contributed by atoms with van der Waals surface area (Å²) in [5, 5.41) is 0. The van der Waals surface area contributed by atoms with Crippen LogP contribution in [-0.4, -0.2) is 65.6 Å². The molecule has 3 aliphatic rings. The summed E-state index contributed by atoms with van der Waals surface area (Å²) < 4.78 is 0. The number of fused-ring (bicyclic) bond motifs is 1. The molecule has 1 atom stereocenters. The van der Waals surface area contributed by atoms with Gasteiger partial charge in [-0.25, -0.2) is 0 Å². The molecule has 0 radical (unpaired) electrons. The van der Waals surface area contributed by atoms with Crippen molar-refractivity contribution in [3.8, 4) is 0 Å². The summed E-state index contributed by atoms with van der Waals surface area (Å²) in [6.45, 7) is 1.81. The Morgan fingerprint density at radius 3 is 2.72 bits per heavy atom. The molecule has 1 saturated heterocycles. The molecule has 1 aromatic heterocycles. The first-order valence-electron chi connectivity index (χ1n) is 8.85. The summed E-state index contributed by atoms with van der Waals surface area (Å²) in [5.41, 5.74) is 1.08. The maximum atomic E-state index is 12.9. The van der Waals surface area contributed by atoms with E-state index in [0.717, 1.165) is 29.7 Å². The van der Waals surface area contributed by atoms with Crippen LogP contribution < -0.4 is 0 Å². The molecular weight excluding hydrogens is 338 g/mol. The van der Waals surface area contributed by atoms with Gasteiger partial charge in [0.2, 0.25) is 11.8 Å². The zero-order valence-corrected chi connectivity index (χ0v) is 15.5. The summed E-state index contributed by atoms with van der Waals surface area (Å²) in [4.78, 5) is 44.4. The van der Waals surface area contributed by atoms with Crippen LogP contribution in [0.2, 0.25) is 0 Å². The third-order valence-electron chi connectivity index (χ3n) is 5.29. The lowest BCUT2D eigenvalue weighted by molar-refractivity contribution is -0.136. The molecule has 0 bridgehead atoms. The summed E-state index contributed by atoms with van der Waals surface area (Å²) in [6.07, 6.45) is 3.31. The third-order valence-corrected chi connectivity index (χ3v) is 6.52. The Balaban J connectivity index is 1.44. The Bertz CT molecular complexity index is 738. The van der Waals surface area contributed by atoms with E-state index in [1.54, 1.807) is 19.0 Å². The van der Waals surface area contributed by atoms with Crippen LogP contribution in [0.1, 0.15) is 39.4 Å². The summed E-state index contributed by atoms with van der Waals surface area (Å²) in [6, 6.07) is 2.31. The molecule has 3 amide bonds. The fraction of sp³-hybridized carbons (Fsp3) is 0.611. The van der Waals surface area contributed by atoms with Gasteiger partial charge in [0.1, 0.15) is 0 Å². The van der Waals surface area contributed by atoms with Gasteiger partial charge >= 0.3 is 0 Å². The lowest BCUT2D eigenvalue weighted by atomic mass is 10.0. The normalized spacial score (nSPS) is 23.0. The Hall–Kier alpha value is -1.89. The first-order chi connectivity index (χ1) is 11.9. The van der Waals surface area contributed by atoms with Crippen LogP contribution in [0.15, 0.2) is 6.07 Å². The van der Waals surface area contributed by atoms with Gasteiger partial charge < -0.3 is 14.7 Å². The van der Waals surface area contributed by atoms with E-state index in [1.807, 2.05) is 15.9 Å². The second-order valence-electron chi connectivity index (χ2n) is 7.45. The predicted octanol–water partition coefficient (Wildman–Crippen LogP) is 1.35. The summed E-state index contributed by atoms with van der Waals surface area (Å²) in [5.74, 6) is 0.0386. The highest BCUT2D eigenvalue weighted by atomic mass is 32.1. The van der Waals surface area contributed by atoms with Crippen LogP contribution in [0, 0.1) is 5.92 Å². The summed E-state index contributed by atoms with van der Waals surface area (Å²) >= 11 is 1.54. The third kappa shape index (κ3) is 3.05. The van der Waals surface area contributed by atoms with Crippen LogP contribution in [0.3, 0.4) is 0 Å². The zero-order chi connectivity index (χ0) is 17.7. The van der Waals surface area contributed by atoms with Gasteiger partial charge in [-0.1, -0.05) is 0 Å². The number of carbonyl (C=O) groups is 3. The highest BCUT2D eigenvalue weighted by Gasteiger charge is 2.43. The summed E-state index contributed by atoms with van der Waals surface area (Å²) in [7, 11) is 3.50. The van der Waals surface area contributed by atoms with E-state index < -0.39 is 0 Å². The van der Waals surface area contributed by atoms with E-state index in [-0.39, 0.29) is 23.6 Å². The van der Waals surface area contributed by atoms with Crippen molar-refractivity contribution in [1.29, 1.82) is 0 Å². The van der Waals surface area contributed by atoms with Crippen LogP contribution in [0.25, 0.3) is 0 Å². The minimum atomic E-state index is -0.198. The Kier molecular flexibility index (Phi) is 4.06. The fourth-order valence-corrected chi connectivity index (χ4v) is 4.93. The quantitative estimate of drug-likeness (QED) is 0.816. The van der Waals surface area contributed by atoms with Gasteiger partial charge in [0.25, 0.3) is 5.91 Å². The maximum absolute atomic E-state index is 12.9. The standard InChI is InChI=1S/C18H23N3O3S/c1-19(2)18(24)15-7-11-9-20(6-5-14(11)25-15)17(23)12-8-16(22)21(10-12)13-3-4-13/h7,12-13H,3-6,8-10H2,1-2H3/t12-/m1/s1. The van der Waals surface area contributed by atoms with E-state index in [2.05, 4.69) is 0 Å². The zero-order valence-electron chi connectivity index (χ0n) is 14.7. The monoisotopic (exact) mass is 361 g/mol. The maximum Gasteiger partial charge on any atom is 0.263 e.